The molecule has 6 N–H and O–H groups in total. The summed E-state index contributed by atoms with van der Waals surface area (Å²) in [5, 5.41) is 17.1. The second-order valence-corrected chi connectivity index (χ2v) is 8.74. The Morgan fingerprint density at radius 3 is 1.69 bits per heavy atom. The van der Waals surface area contributed by atoms with E-state index in [1.165, 1.54) is 66.7 Å². The number of hydrogen-bond acceptors (Lipinski definition) is 4. The number of anilines is 2. The van der Waals surface area contributed by atoms with Crippen molar-refractivity contribution in [2.45, 2.75) is 0 Å². The molecule has 0 aromatic heterocycles. The smallest absolute Gasteiger partial charge is 0.423 e. The van der Waals surface area contributed by atoms with Gasteiger partial charge in [-0.15, -0.1) is 0 Å². The van der Waals surface area contributed by atoms with Crippen LogP contribution in [0.3, 0.4) is 0 Å². The topological polar surface area (TPSA) is 92.5 Å². The van der Waals surface area contributed by atoms with Crippen LogP contribution in [0.2, 0.25) is 10.0 Å². The molecule has 0 aliphatic carbocycles. The van der Waals surface area contributed by atoms with Crippen LogP contribution in [0, 0.1) is 23.3 Å². The van der Waals surface area contributed by atoms with Gasteiger partial charge in [-0.1, -0.05) is 35.3 Å². The first-order valence-corrected chi connectivity index (χ1v) is 11.5. The number of halogens is 7. The zero-order valence-electron chi connectivity index (χ0n) is 18.2. The lowest BCUT2D eigenvalue weighted by molar-refractivity contribution is 0.425. The van der Waals surface area contributed by atoms with Crippen LogP contribution in [0.15, 0.2) is 77.3 Å². The first-order chi connectivity index (χ1) is 16.9. The average Bonchev–Trinajstić information content (AvgIpc) is 2.82. The Kier molecular flexibility index (Phi) is 11.1. The van der Waals surface area contributed by atoms with Gasteiger partial charge < -0.3 is 21.5 Å². The molecule has 188 valence electrons. The van der Waals surface area contributed by atoms with E-state index in [1.807, 2.05) is 0 Å². The van der Waals surface area contributed by atoms with E-state index in [0.717, 1.165) is 6.07 Å². The van der Waals surface area contributed by atoms with E-state index in [9.17, 15) is 17.6 Å². The number of rotatable bonds is 2. The van der Waals surface area contributed by atoms with Gasteiger partial charge in [-0.25, -0.2) is 17.6 Å². The number of hydrogen-bond donors (Lipinski definition) is 4. The zero-order valence-corrected chi connectivity index (χ0v) is 21.3. The van der Waals surface area contributed by atoms with Crippen molar-refractivity contribution in [2.24, 2.45) is 0 Å². The molecule has 0 saturated heterocycles. The van der Waals surface area contributed by atoms with Gasteiger partial charge in [-0.3, -0.25) is 0 Å². The maximum Gasteiger partial charge on any atom is 0.488 e. The molecule has 4 aromatic rings. The third kappa shape index (κ3) is 8.72. The van der Waals surface area contributed by atoms with Crippen molar-refractivity contribution in [3.8, 4) is 11.1 Å². The summed E-state index contributed by atoms with van der Waals surface area (Å²) in [6.07, 6.45) is 0. The molecule has 4 rings (SSSR count). The van der Waals surface area contributed by atoms with Crippen LogP contribution >= 0.6 is 39.1 Å². The molecule has 0 fully saturated rings. The first-order valence-electron chi connectivity index (χ1n) is 9.91. The van der Waals surface area contributed by atoms with Crippen molar-refractivity contribution < 1.29 is 27.6 Å². The fourth-order valence-corrected chi connectivity index (χ4v) is 3.34. The molecule has 0 spiro atoms. The average molecular weight is 604 g/mol. The summed E-state index contributed by atoms with van der Waals surface area (Å²) < 4.78 is 51.3. The van der Waals surface area contributed by atoms with Gasteiger partial charge in [-0.05, 0) is 87.6 Å². The van der Waals surface area contributed by atoms with Crippen molar-refractivity contribution in [1.82, 2.24) is 0 Å². The quantitative estimate of drug-likeness (QED) is 0.125. The van der Waals surface area contributed by atoms with Crippen LogP contribution in [-0.4, -0.2) is 17.2 Å². The molecule has 0 atom stereocenters. The van der Waals surface area contributed by atoms with E-state index in [0.29, 0.717) is 27.0 Å². The third-order valence-electron chi connectivity index (χ3n) is 4.45. The lowest BCUT2D eigenvalue weighted by atomic mass is 9.80. The molecule has 4 nitrogen and oxygen atoms in total. The Hall–Kier alpha value is -2.76. The van der Waals surface area contributed by atoms with Gasteiger partial charge in [0.05, 0.1) is 10.0 Å². The lowest BCUT2D eigenvalue weighted by Crippen LogP contribution is -2.29. The fourth-order valence-electron chi connectivity index (χ4n) is 2.62. The molecule has 0 amide bonds. The van der Waals surface area contributed by atoms with E-state index >= 15 is 0 Å². The molecule has 0 bridgehead atoms. The highest BCUT2D eigenvalue weighted by atomic mass is 79.9. The van der Waals surface area contributed by atoms with Crippen LogP contribution in [0.1, 0.15) is 0 Å². The van der Waals surface area contributed by atoms with Crippen molar-refractivity contribution >= 4 is 63.1 Å². The maximum absolute atomic E-state index is 13.1. The third-order valence-corrected chi connectivity index (χ3v) is 5.72. The molecule has 0 aliphatic rings. The van der Waals surface area contributed by atoms with Crippen LogP contribution in [0.5, 0.6) is 0 Å². The van der Waals surface area contributed by atoms with E-state index in [2.05, 4.69) is 15.9 Å². The maximum atomic E-state index is 13.1. The van der Waals surface area contributed by atoms with Crippen LogP contribution < -0.4 is 16.9 Å². The molecule has 36 heavy (non-hydrogen) atoms. The molecule has 0 unspecified atom stereocenters. The monoisotopic (exact) mass is 602 g/mol. The Bertz CT molecular complexity index is 1350. The Morgan fingerprint density at radius 1 is 0.667 bits per heavy atom. The predicted molar refractivity (Wildman–Crippen MR) is 141 cm³/mol. The van der Waals surface area contributed by atoms with Gasteiger partial charge in [0.1, 0.15) is 23.3 Å². The van der Waals surface area contributed by atoms with Crippen molar-refractivity contribution in [2.75, 3.05) is 11.5 Å². The summed E-state index contributed by atoms with van der Waals surface area (Å²) in [4.78, 5) is 0. The van der Waals surface area contributed by atoms with E-state index in [4.69, 9.17) is 44.7 Å². The van der Waals surface area contributed by atoms with Gasteiger partial charge in [0.15, 0.2) is 0 Å². The van der Waals surface area contributed by atoms with Crippen molar-refractivity contribution in [3.05, 3.63) is 111 Å². The van der Waals surface area contributed by atoms with Crippen molar-refractivity contribution in [1.29, 1.82) is 0 Å². The highest BCUT2D eigenvalue weighted by molar-refractivity contribution is 9.10. The Labute approximate surface area is 223 Å². The van der Waals surface area contributed by atoms with E-state index in [1.54, 1.807) is 0 Å². The first kappa shape index (κ1) is 29.5. The number of nitrogens with two attached hydrogens (primary N) is 2. The normalized spacial score (nSPS) is 10.0. The molecule has 0 aliphatic heterocycles. The zero-order chi connectivity index (χ0) is 27.0. The molecule has 4 aromatic carbocycles. The number of benzene rings is 4. The van der Waals surface area contributed by atoms with Gasteiger partial charge in [0.2, 0.25) is 0 Å². The summed E-state index contributed by atoms with van der Waals surface area (Å²) in [6, 6.07) is 15.8. The molecule has 0 saturated carbocycles. The number of nitrogen functional groups attached to an aromatic ring is 2. The summed E-state index contributed by atoms with van der Waals surface area (Å²) in [6.45, 7) is 0. The van der Waals surface area contributed by atoms with Gasteiger partial charge in [-0.2, -0.15) is 0 Å². The Balaban J connectivity index is 0.000000200. The largest absolute Gasteiger partial charge is 0.488 e. The van der Waals surface area contributed by atoms with E-state index < -0.39 is 24.6 Å². The molecule has 0 heterocycles. The molecule has 12 heteroatoms. The highest BCUT2D eigenvalue weighted by Crippen LogP contribution is 2.29. The minimum absolute atomic E-state index is 0.0128. The summed E-state index contributed by atoms with van der Waals surface area (Å²) in [7, 11) is -1.60. The van der Waals surface area contributed by atoms with Gasteiger partial charge >= 0.3 is 7.12 Å². The van der Waals surface area contributed by atoms with Gasteiger partial charge in [0, 0.05) is 21.4 Å². The standard InChI is InChI=1S/C12H8ClF2N.C6H5BClFO2.C6H5BrFN/c13-10-5-7(1-3-11(10)15)9-6-8(14)2-4-12(9)16;8-5-3-4(7(10)11)1-2-6(5)9;7-5-3-4(8)1-2-6(5)9/h1-6H,16H2;1-3,10-11H;1-3H,9H2. The second kappa shape index (κ2) is 13.5. The van der Waals surface area contributed by atoms with Gasteiger partial charge in [0.25, 0.3) is 0 Å². The summed E-state index contributed by atoms with van der Waals surface area (Å²) in [5.41, 5.74) is 13.3. The fraction of sp³-hybridized carbons (Fsp3) is 0. The van der Waals surface area contributed by atoms with Crippen LogP contribution in [0.4, 0.5) is 28.9 Å². The summed E-state index contributed by atoms with van der Waals surface area (Å²) >= 11 is 14.1. The highest BCUT2D eigenvalue weighted by Gasteiger charge is 2.12. The van der Waals surface area contributed by atoms with Crippen molar-refractivity contribution in [3.63, 3.8) is 0 Å². The molecular weight excluding hydrogens is 586 g/mol. The molecule has 0 radical (unpaired) electrons. The Morgan fingerprint density at radius 2 is 1.19 bits per heavy atom. The lowest BCUT2D eigenvalue weighted by Gasteiger charge is -2.06. The molecular formula is C24H18BBrCl2F4N2O2. The van der Waals surface area contributed by atoms with E-state index in [-0.39, 0.29) is 21.3 Å². The SMILES string of the molecule is Nc1ccc(F)cc1-c1ccc(F)c(Cl)c1.Nc1ccc(F)cc1Br.OB(O)c1ccc(F)c(Cl)c1. The summed E-state index contributed by atoms with van der Waals surface area (Å²) in [5.74, 6) is -1.77. The van der Waals surface area contributed by atoms with Crippen LogP contribution in [-0.2, 0) is 0 Å². The van der Waals surface area contributed by atoms with Crippen LogP contribution in [0.25, 0.3) is 11.1 Å². The second-order valence-electron chi connectivity index (χ2n) is 7.07. The predicted octanol–water partition coefficient (Wildman–Crippen LogP) is 6.20. The minimum Gasteiger partial charge on any atom is -0.423 e. The minimum atomic E-state index is -1.60.